The molecule has 0 amide bonds. The van der Waals surface area contributed by atoms with Crippen molar-refractivity contribution in [1.29, 1.82) is 0 Å². The normalized spacial score (nSPS) is 12.9. The Bertz CT molecular complexity index is 248. The summed E-state index contributed by atoms with van der Waals surface area (Å²) in [6.45, 7) is 5.07. The number of pyridine rings is 1. The van der Waals surface area contributed by atoms with E-state index in [1.807, 2.05) is 19.2 Å². The number of aromatic nitrogens is 1. The lowest BCUT2D eigenvalue weighted by molar-refractivity contribution is 0.705. The van der Waals surface area contributed by atoms with Gasteiger partial charge in [0.1, 0.15) is 0 Å². The lowest BCUT2D eigenvalue weighted by atomic mass is 10.2. The number of nitrogens with one attached hydrogen (secondary N) is 1. The predicted molar refractivity (Wildman–Crippen MR) is 59.3 cm³/mol. The Hall–Kier alpha value is -0.160. The summed E-state index contributed by atoms with van der Waals surface area (Å²) >= 11 is 2.35. The molecule has 0 aliphatic heterocycles. The van der Waals surface area contributed by atoms with Gasteiger partial charge in [-0.25, -0.2) is 0 Å². The number of aryl methyl sites for hydroxylation is 1. The molecule has 1 rings (SSSR count). The molecule has 12 heavy (non-hydrogen) atoms. The van der Waals surface area contributed by atoms with Crippen LogP contribution in [0.15, 0.2) is 18.3 Å². The lowest BCUT2D eigenvalue weighted by Gasteiger charge is -2.06. The molecule has 66 valence electrons. The van der Waals surface area contributed by atoms with Gasteiger partial charge in [-0.05, 0) is 31.5 Å². The molecule has 0 aliphatic rings. The number of hydrogen-bond acceptors (Lipinski definition) is 2. The Morgan fingerprint density at radius 1 is 1.67 bits per heavy atom. The summed E-state index contributed by atoms with van der Waals surface area (Å²) in [5.41, 5.74) is 2.38. The molecule has 2 nitrogen and oxygen atoms in total. The van der Waals surface area contributed by atoms with Gasteiger partial charge in [0.15, 0.2) is 0 Å². The molecular formula is C9H13IN2. The highest BCUT2D eigenvalue weighted by atomic mass is 127. The van der Waals surface area contributed by atoms with Crippen LogP contribution >= 0.6 is 22.6 Å². The Balaban J connectivity index is 2.52. The van der Waals surface area contributed by atoms with Crippen molar-refractivity contribution in [2.24, 2.45) is 0 Å². The van der Waals surface area contributed by atoms with Gasteiger partial charge in [0.2, 0.25) is 0 Å². The quantitative estimate of drug-likeness (QED) is 0.520. The number of halogens is 1. The first-order valence-corrected chi connectivity index (χ1v) is 5.22. The second-order valence-electron chi connectivity index (χ2n) is 2.80. The zero-order chi connectivity index (χ0) is 8.97. The summed E-state index contributed by atoms with van der Waals surface area (Å²) in [5, 5.41) is 3.35. The average Bonchev–Trinajstić information content (AvgIpc) is 2.01. The van der Waals surface area contributed by atoms with Crippen LogP contribution in [0.25, 0.3) is 0 Å². The van der Waals surface area contributed by atoms with E-state index in [2.05, 4.69) is 45.9 Å². The smallest absolute Gasteiger partial charge is 0.0567 e. The molecule has 3 heteroatoms. The Kier molecular flexibility index (Phi) is 3.94. The van der Waals surface area contributed by atoms with Crippen molar-refractivity contribution < 1.29 is 0 Å². The topological polar surface area (TPSA) is 24.9 Å². The van der Waals surface area contributed by atoms with E-state index in [0.717, 1.165) is 12.2 Å². The van der Waals surface area contributed by atoms with Crippen LogP contribution in [0.3, 0.4) is 0 Å². The fraction of sp³-hybridized carbons (Fsp3) is 0.444. The minimum atomic E-state index is 0.510. The van der Waals surface area contributed by atoms with Crippen molar-refractivity contribution >= 4 is 22.6 Å². The molecule has 0 aromatic carbocycles. The fourth-order valence-electron chi connectivity index (χ4n) is 0.973. The highest BCUT2D eigenvalue weighted by Gasteiger charge is 1.95. The summed E-state index contributed by atoms with van der Waals surface area (Å²) < 4.78 is 0.510. The molecule has 0 saturated carbocycles. The van der Waals surface area contributed by atoms with Crippen LogP contribution in [0.5, 0.6) is 0 Å². The van der Waals surface area contributed by atoms with E-state index in [4.69, 9.17) is 0 Å². The van der Waals surface area contributed by atoms with E-state index >= 15 is 0 Å². The summed E-state index contributed by atoms with van der Waals surface area (Å²) in [6, 6.07) is 4.14. The van der Waals surface area contributed by atoms with Crippen molar-refractivity contribution in [3.05, 3.63) is 29.6 Å². The van der Waals surface area contributed by atoms with E-state index in [0.29, 0.717) is 4.05 Å². The van der Waals surface area contributed by atoms with Crippen LogP contribution in [-0.4, -0.2) is 9.03 Å². The zero-order valence-corrected chi connectivity index (χ0v) is 9.50. The minimum Gasteiger partial charge on any atom is -0.302 e. The maximum absolute atomic E-state index is 4.14. The highest BCUT2D eigenvalue weighted by molar-refractivity contribution is 14.1. The van der Waals surface area contributed by atoms with E-state index in [1.165, 1.54) is 5.56 Å². The van der Waals surface area contributed by atoms with Crippen LogP contribution in [0.1, 0.15) is 18.2 Å². The molecular weight excluding hydrogens is 263 g/mol. The molecule has 1 aromatic rings. The van der Waals surface area contributed by atoms with Gasteiger partial charge in [-0.3, -0.25) is 4.98 Å². The molecule has 1 aromatic heterocycles. The van der Waals surface area contributed by atoms with Gasteiger partial charge in [0.05, 0.1) is 4.05 Å². The molecule has 0 aliphatic carbocycles. The molecule has 0 bridgehead atoms. The van der Waals surface area contributed by atoms with E-state index in [1.54, 1.807) is 0 Å². The summed E-state index contributed by atoms with van der Waals surface area (Å²) in [5.74, 6) is 0. The third-order valence-electron chi connectivity index (χ3n) is 1.55. The van der Waals surface area contributed by atoms with Crippen molar-refractivity contribution in [3.8, 4) is 0 Å². The Labute approximate surface area is 86.9 Å². The van der Waals surface area contributed by atoms with Gasteiger partial charge in [-0.2, -0.15) is 0 Å². The number of alkyl halides is 1. The van der Waals surface area contributed by atoms with Crippen LogP contribution < -0.4 is 5.32 Å². The van der Waals surface area contributed by atoms with Gasteiger partial charge < -0.3 is 5.32 Å². The van der Waals surface area contributed by atoms with Crippen LogP contribution in [0.4, 0.5) is 0 Å². The number of nitrogens with zero attached hydrogens (tertiary/aromatic N) is 1. The predicted octanol–water partition coefficient (Wildman–Crippen LogP) is 2.26. The van der Waals surface area contributed by atoms with Gasteiger partial charge >= 0.3 is 0 Å². The van der Waals surface area contributed by atoms with Gasteiger partial charge in [-0.1, -0.05) is 22.6 Å². The second kappa shape index (κ2) is 4.77. The largest absolute Gasteiger partial charge is 0.302 e. The molecule has 0 saturated heterocycles. The standard InChI is InChI=1S/C9H13IN2/c1-7-5-9(3-4-11-7)6-12-8(2)10/h3-5,8,12H,6H2,1-2H3/t8-/m0/s1. The van der Waals surface area contributed by atoms with Crippen molar-refractivity contribution in [2.75, 3.05) is 0 Å². The highest BCUT2D eigenvalue weighted by Crippen LogP contribution is 2.02. The van der Waals surface area contributed by atoms with Crippen LogP contribution in [-0.2, 0) is 6.54 Å². The van der Waals surface area contributed by atoms with Gasteiger partial charge in [-0.15, -0.1) is 0 Å². The first-order chi connectivity index (χ1) is 5.68. The zero-order valence-electron chi connectivity index (χ0n) is 7.34. The van der Waals surface area contributed by atoms with Crippen molar-refractivity contribution in [2.45, 2.75) is 24.4 Å². The molecule has 0 unspecified atom stereocenters. The van der Waals surface area contributed by atoms with E-state index < -0.39 is 0 Å². The molecule has 1 N–H and O–H groups in total. The first-order valence-electron chi connectivity index (χ1n) is 3.97. The van der Waals surface area contributed by atoms with E-state index in [9.17, 15) is 0 Å². The molecule has 1 atom stereocenters. The summed E-state index contributed by atoms with van der Waals surface area (Å²) in [4.78, 5) is 4.14. The summed E-state index contributed by atoms with van der Waals surface area (Å²) in [6.07, 6.45) is 1.85. The van der Waals surface area contributed by atoms with Crippen molar-refractivity contribution in [1.82, 2.24) is 10.3 Å². The second-order valence-corrected chi connectivity index (χ2v) is 4.67. The van der Waals surface area contributed by atoms with E-state index in [-0.39, 0.29) is 0 Å². The average molecular weight is 276 g/mol. The third-order valence-corrected chi connectivity index (χ3v) is 1.99. The number of hydrogen-bond donors (Lipinski definition) is 1. The minimum absolute atomic E-state index is 0.510. The molecule has 0 fully saturated rings. The Morgan fingerprint density at radius 2 is 2.42 bits per heavy atom. The lowest BCUT2D eigenvalue weighted by Crippen LogP contribution is -2.19. The molecule has 1 heterocycles. The van der Waals surface area contributed by atoms with Crippen molar-refractivity contribution in [3.63, 3.8) is 0 Å². The molecule has 0 spiro atoms. The number of rotatable bonds is 3. The Morgan fingerprint density at radius 3 is 3.00 bits per heavy atom. The fourth-order valence-corrected chi connectivity index (χ4v) is 1.19. The summed E-state index contributed by atoms with van der Waals surface area (Å²) in [7, 11) is 0. The SMILES string of the molecule is Cc1cc(CN[C@@H](C)I)ccn1. The maximum atomic E-state index is 4.14. The van der Waals surface area contributed by atoms with Gasteiger partial charge in [0, 0.05) is 18.4 Å². The first kappa shape index (κ1) is 9.92. The maximum Gasteiger partial charge on any atom is 0.0567 e. The monoisotopic (exact) mass is 276 g/mol. The third kappa shape index (κ3) is 3.49. The van der Waals surface area contributed by atoms with Gasteiger partial charge in [0.25, 0.3) is 0 Å². The van der Waals surface area contributed by atoms with Crippen LogP contribution in [0, 0.1) is 6.92 Å². The molecule has 0 radical (unpaired) electrons. The van der Waals surface area contributed by atoms with Crippen LogP contribution in [0.2, 0.25) is 0 Å².